The second-order valence-electron chi connectivity index (χ2n) is 3.16. The first-order valence-electron chi connectivity index (χ1n) is 4.14. The molecule has 0 unspecified atom stereocenters. The van der Waals surface area contributed by atoms with Crippen molar-refractivity contribution in [2.45, 2.75) is 25.3 Å². The number of halogens is 2. The van der Waals surface area contributed by atoms with Gasteiger partial charge in [-0.3, -0.25) is 4.79 Å². The highest BCUT2D eigenvalue weighted by Gasteiger charge is 2.33. The van der Waals surface area contributed by atoms with Gasteiger partial charge < -0.3 is 5.73 Å². The van der Waals surface area contributed by atoms with E-state index in [0.717, 1.165) is 17.5 Å². The summed E-state index contributed by atoms with van der Waals surface area (Å²) in [6.07, 6.45) is -1.18. The van der Waals surface area contributed by atoms with Crippen LogP contribution in [0, 0.1) is 0 Å². The molecular weight excluding hydrogens is 194 g/mol. The number of hydrogen-bond acceptors (Lipinski definition) is 3. The van der Waals surface area contributed by atoms with Crippen LogP contribution in [-0.4, -0.2) is 20.9 Å². The molecule has 0 atom stereocenters. The number of nitrogens with two attached hydrogens (primary N) is 1. The summed E-state index contributed by atoms with van der Waals surface area (Å²) in [6.45, 7) is 0. The fourth-order valence-corrected chi connectivity index (χ4v) is 1.27. The SMILES string of the molecule is NC(=O)c1nnn(C2CC2)c1C(F)F. The smallest absolute Gasteiger partial charge is 0.282 e. The molecule has 1 saturated carbocycles. The maximum absolute atomic E-state index is 12.6. The molecule has 1 amide bonds. The minimum Gasteiger partial charge on any atom is -0.364 e. The van der Waals surface area contributed by atoms with Gasteiger partial charge in [0.05, 0.1) is 6.04 Å². The molecule has 2 N–H and O–H groups in total. The van der Waals surface area contributed by atoms with E-state index < -0.39 is 23.7 Å². The van der Waals surface area contributed by atoms with Gasteiger partial charge in [-0.25, -0.2) is 13.5 Å². The highest BCUT2D eigenvalue weighted by atomic mass is 19.3. The third kappa shape index (κ3) is 1.34. The van der Waals surface area contributed by atoms with Gasteiger partial charge in [0.2, 0.25) is 0 Å². The zero-order valence-corrected chi connectivity index (χ0v) is 7.15. The summed E-state index contributed by atoms with van der Waals surface area (Å²) in [6, 6.07) is -0.0420. The molecule has 0 radical (unpaired) electrons. The number of rotatable bonds is 3. The number of alkyl halides is 2. The van der Waals surface area contributed by atoms with Crippen molar-refractivity contribution in [2.75, 3.05) is 0 Å². The van der Waals surface area contributed by atoms with Crippen molar-refractivity contribution in [3.63, 3.8) is 0 Å². The highest BCUT2D eigenvalue weighted by Crippen LogP contribution is 2.37. The lowest BCUT2D eigenvalue weighted by molar-refractivity contribution is 0.0977. The molecule has 0 aliphatic heterocycles. The lowest BCUT2D eigenvalue weighted by Crippen LogP contribution is -2.15. The Morgan fingerprint density at radius 3 is 2.64 bits per heavy atom. The number of primary amides is 1. The molecule has 1 heterocycles. The van der Waals surface area contributed by atoms with Crippen LogP contribution in [0.15, 0.2) is 0 Å². The minimum absolute atomic E-state index is 0.0420. The molecule has 1 aliphatic rings. The first-order valence-corrected chi connectivity index (χ1v) is 4.14. The van der Waals surface area contributed by atoms with Gasteiger partial charge >= 0.3 is 0 Å². The van der Waals surface area contributed by atoms with E-state index in [2.05, 4.69) is 10.3 Å². The van der Waals surface area contributed by atoms with Crippen LogP contribution in [0.4, 0.5) is 8.78 Å². The Hall–Kier alpha value is -1.53. The second-order valence-corrected chi connectivity index (χ2v) is 3.16. The molecule has 1 aromatic rings. The number of hydrogen-bond donors (Lipinski definition) is 1. The van der Waals surface area contributed by atoms with Crippen LogP contribution < -0.4 is 5.73 Å². The average Bonchev–Trinajstić information content (AvgIpc) is 2.83. The molecule has 5 nitrogen and oxygen atoms in total. The fraction of sp³-hybridized carbons (Fsp3) is 0.571. The molecular formula is C7H8F2N4O. The summed E-state index contributed by atoms with van der Waals surface area (Å²) in [7, 11) is 0. The number of amides is 1. The van der Waals surface area contributed by atoms with Crippen molar-refractivity contribution in [3.05, 3.63) is 11.4 Å². The number of carbonyl (C=O) groups excluding carboxylic acids is 1. The van der Waals surface area contributed by atoms with E-state index in [9.17, 15) is 13.6 Å². The van der Waals surface area contributed by atoms with Crippen molar-refractivity contribution in [1.82, 2.24) is 15.0 Å². The van der Waals surface area contributed by atoms with Crippen LogP contribution >= 0.6 is 0 Å². The molecule has 0 spiro atoms. The Kier molecular flexibility index (Phi) is 1.94. The summed E-state index contributed by atoms with van der Waals surface area (Å²) in [4.78, 5) is 10.8. The first kappa shape index (κ1) is 9.04. The summed E-state index contributed by atoms with van der Waals surface area (Å²) in [5, 5.41) is 6.86. The normalized spacial score (nSPS) is 16.2. The van der Waals surface area contributed by atoms with E-state index in [4.69, 9.17) is 5.73 Å². The third-order valence-corrected chi connectivity index (χ3v) is 2.06. The van der Waals surface area contributed by atoms with Crippen LogP contribution in [0.5, 0.6) is 0 Å². The van der Waals surface area contributed by atoms with E-state index in [1.54, 1.807) is 0 Å². The molecule has 14 heavy (non-hydrogen) atoms. The Morgan fingerprint density at radius 2 is 2.21 bits per heavy atom. The van der Waals surface area contributed by atoms with Crippen LogP contribution in [-0.2, 0) is 0 Å². The molecule has 1 aromatic heterocycles. The number of aromatic nitrogens is 3. The molecule has 7 heteroatoms. The molecule has 0 bridgehead atoms. The van der Waals surface area contributed by atoms with Crippen molar-refractivity contribution in [1.29, 1.82) is 0 Å². The molecule has 0 aromatic carbocycles. The quantitative estimate of drug-likeness (QED) is 0.781. The second kappa shape index (κ2) is 3.00. The maximum atomic E-state index is 12.6. The van der Waals surface area contributed by atoms with Gasteiger partial charge in [-0.15, -0.1) is 5.10 Å². The van der Waals surface area contributed by atoms with E-state index in [1.807, 2.05) is 0 Å². The standard InChI is InChI=1S/C7H8F2N4O/c8-6(9)5-4(7(10)14)11-12-13(5)3-1-2-3/h3,6H,1-2H2,(H2,10,14). The largest absolute Gasteiger partial charge is 0.364 e. The zero-order chi connectivity index (χ0) is 10.3. The van der Waals surface area contributed by atoms with E-state index in [1.165, 1.54) is 0 Å². The first-order chi connectivity index (χ1) is 6.61. The minimum atomic E-state index is -2.77. The van der Waals surface area contributed by atoms with Crippen LogP contribution in [0.25, 0.3) is 0 Å². The van der Waals surface area contributed by atoms with Crippen LogP contribution in [0.3, 0.4) is 0 Å². The lowest BCUT2D eigenvalue weighted by Gasteiger charge is -2.03. The Balaban J connectivity index is 2.46. The van der Waals surface area contributed by atoms with Crippen LogP contribution in [0.2, 0.25) is 0 Å². The number of carbonyl (C=O) groups is 1. The third-order valence-electron chi connectivity index (χ3n) is 2.06. The van der Waals surface area contributed by atoms with Gasteiger partial charge in [0.1, 0.15) is 5.69 Å². The molecule has 1 aliphatic carbocycles. The predicted molar refractivity (Wildman–Crippen MR) is 41.8 cm³/mol. The van der Waals surface area contributed by atoms with Crippen molar-refractivity contribution in [2.24, 2.45) is 5.73 Å². The lowest BCUT2D eigenvalue weighted by atomic mass is 10.3. The van der Waals surface area contributed by atoms with Gasteiger partial charge in [0.25, 0.3) is 12.3 Å². The molecule has 0 saturated heterocycles. The van der Waals surface area contributed by atoms with Crippen molar-refractivity contribution < 1.29 is 13.6 Å². The van der Waals surface area contributed by atoms with Crippen molar-refractivity contribution in [3.8, 4) is 0 Å². The monoisotopic (exact) mass is 202 g/mol. The number of nitrogens with zero attached hydrogens (tertiary/aromatic N) is 3. The summed E-state index contributed by atoms with van der Waals surface area (Å²) in [5.74, 6) is -0.966. The van der Waals surface area contributed by atoms with Crippen LogP contribution in [0.1, 0.15) is 41.5 Å². The topological polar surface area (TPSA) is 73.8 Å². The summed E-state index contributed by atoms with van der Waals surface area (Å²) in [5.41, 5.74) is 4.02. The Bertz CT molecular complexity index is 372. The maximum Gasteiger partial charge on any atom is 0.282 e. The fourth-order valence-electron chi connectivity index (χ4n) is 1.27. The van der Waals surface area contributed by atoms with Gasteiger partial charge in [0.15, 0.2) is 5.69 Å². The Labute approximate surface area is 77.9 Å². The zero-order valence-electron chi connectivity index (χ0n) is 7.15. The molecule has 76 valence electrons. The van der Waals surface area contributed by atoms with E-state index in [-0.39, 0.29) is 6.04 Å². The average molecular weight is 202 g/mol. The predicted octanol–water partition coefficient (Wildman–Crippen LogP) is 0.649. The van der Waals surface area contributed by atoms with E-state index in [0.29, 0.717) is 0 Å². The highest BCUT2D eigenvalue weighted by molar-refractivity contribution is 5.91. The van der Waals surface area contributed by atoms with Crippen molar-refractivity contribution >= 4 is 5.91 Å². The van der Waals surface area contributed by atoms with Gasteiger partial charge in [-0.1, -0.05) is 5.21 Å². The molecule has 1 fully saturated rings. The van der Waals surface area contributed by atoms with Gasteiger partial charge in [0, 0.05) is 0 Å². The van der Waals surface area contributed by atoms with Gasteiger partial charge in [-0.2, -0.15) is 0 Å². The summed E-state index contributed by atoms with van der Waals surface area (Å²) >= 11 is 0. The molecule has 2 rings (SSSR count). The summed E-state index contributed by atoms with van der Waals surface area (Å²) < 4.78 is 26.2. The Morgan fingerprint density at radius 1 is 1.57 bits per heavy atom. The van der Waals surface area contributed by atoms with E-state index >= 15 is 0 Å². The van der Waals surface area contributed by atoms with Gasteiger partial charge in [-0.05, 0) is 12.8 Å².